The van der Waals surface area contributed by atoms with E-state index in [1.807, 2.05) is 0 Å². The fraction of sp³-hybridized carbons (Fsp3) is 0.444. The zero-order valence-corrected chi connectivity index (χ0v) is 12.9. The van der Waals surface area contributed by atoms with Crippen molar-refractivity contribution in [3.63, 3.8) is 0 Å². The smallest absolute Gasteiger partial charge is 0.168 e. The van der Waals surface area contributed by atoms with Crippen molar-refractivity contribution in [3.8, 4) is 0 Å². The molecular formula is C18H26N2+2. The Labute approximate surface area is 122 Å². The van der Waals surface area contributed by atoms with Crippen LogP contribution in [0.5, 0.6) is 0 Å². The molecule has 0 radical (unpaired) electrons. The minimum atomic E-state index is 0.775. The molecule has 0 spiro atoms. The molecule has 0 aliphatic heterocycles. The Balaban J connectivity index is 1.88. The maximum absolute atomic E-state index is 2.30. The molecule has 0 amide bonds. The van der Waals surface area contributed by atoms with Crippen LogP contribution in [0.1, 0.15) is 30.9 Å². The summed E-state index contributed by atoms with van der Waals surface area (Å²) < 4.78 is 4.18. The highest BCUT2D eigenvalue weighted by Gasteiger charge is 2.09. The van der Waals surface area contributed by atoms with E-state index in [-0.39, 0.29) is 0 Å². The molecule has 20 heavy (non-hydrogen) atoms. The molecule has 0 N–H and O–H groups in total. The van der Waals surface area contributed by atoms with Crippen molar-refractivity contribution >= 4 is 0 Å². The predicted molar refractivity (Wildman–Crippen MR) is 81.0 cm³/mol. The quantitative estimate of drug-likeness (QED) is 0.713. The van der Waals surface area contributed by atoms with Crippen molar-refractivity contribution in [3.05, 3.63) is 60.2 Å². The van der Waals surface area contributed by atoms with Crippen LogP contribution in [0.25, 0.3) is 0 Å². The van der Waals surface area contributed by atoms with E-state index >= 15 is 0 Å². The summed E-state index contributed by atoms with van der Waals surface area (Å²) in [5, 5.41) is 0. The number of rotatable bonds is 6. The number of aromatic nitrogens is 2. The van der Waals surface area contributed by atoms with Crippen molar-refractivity contribution in [2.45, 2.75) is 32.6 Å². The van der Waals surface area contributed by atoms with Gasteiger partial charge in [0.15, 0.2) is 24.8 Å². The summed E-state index contributed by atoms with van der Waals surface area (Å²) in [7, 11) is 4.13. The Morgan fingerprint density at radius 1 is 0.850 bits per heavy atom. The second-order valence-corrected chi connectivity index (χ2v) is 5.76. The number of hydrogen-bond acceptors (Lipinski definition) is 0. The minimum Gasteiger partial charge on any atom is -0.208 e. The van der Waals surface area contributed by atoms with Gasteiger partial charge in [0, 0.05) is 24.3 Å². The van der Waals surface area contributed by atoms with Gasteiger partial charge in [0.25, 0.3) is 0 Å². The number of pyridine rings is 2. The van der Waals surface area contributed by atoms with Gasteiger partial charge in [-0.25, -0.2) is 9.13 Å². The fourth-order valence-corrected chi connectivity index (χ4v) is 2.52. The molecule has 2 nitrogen and oxygen atoms in total. The van der Waals surface area contributed by atoms with Crippen LogP contribution in [0.2, 0.25) is 0 Å². The van der Waals surface area contributed by atoms with Gasteiger partial charge in [-0.2, -0.15) is 0 Å². The number of hydrogen-bond donors (Lipinski definition) is 0. The highest BCUT2D eigenvalue weighted by molar-refractivity contribution is 5.10. The molecule has 0 saturated heterocycles. The second-order valence-electron chi connectivity index (χ2n) is 5.76. The van der Waals surface area contributed by atoms with E-state index in [0.29, 0.717) is 0 Å². The average Bonchev–Trinajstić information content (AvgIpc) is 2.47. The summed E-state index contributed by atoms with van der Waals surface area (Å²) in [6.07, 6.45) is 13.4. The molecular weight excluding hydrogens is 244 g/mol. The summed E-state index contributed by atoms with van der Waals surface area (Å²) in [6.45, 7) is 2.30. The standard InChI is InChI=1S/C18H26N2/c1-4-16(15-18-9-13-20(3)14-10-18)5-6-17-7-11-19(2)12-8-17/h7-14,16H,4-6,15H2,1-3H3/q+2. The third-order valence-electron chi connectivity index (χ3n) is 4.04. The monoisotopic (exact) mass is 270 g/mol. The van der Waals surface area contributed by atoms with Crippen molar-refractivity contribution in [1.29, 1.82) is 0 Å². The van der Waals surface area contributed by atoms with Crippen LogP contribution in [-0.4, -0.2) is 0 Å². The topological polar surface area (TPSA) is 7.76 Å². The van der Waals surface area contributed by atoms with Gasteiger partial charge < -0.3 is 0 Å². The molecule has 0 aromatic carbocycles. The molecule has 2 aromatic heterocycles. The van der Waals surface area contributed by atoms with E-state index < -0.39 is 0 Å². The third-order valence-corrected chi connectivity index (χ3v) is 4.04. The molecule has 2 rings (SSSR count). The molecule has 0 fully saturated rings. The summed E-state index contributed by atoms with van der Waals surface area (Å²) in [4.78, 5) is 0. The lowest BCUT2D eigenvalue weighted by Gasteiger charge is -2.14. The highest BCUT2D eigenvalue weighted by atomic mass is 14.9. The van der Waals surface area contributed by atoms with E-state index in [9.17, 15) is 0 Å². The molecule has 0 saturated carbocycles. The number of aryl methyl sites for hydroxylation is 3. The zero-order chi connectivity index (χ0) is 14.4. The zero-order valence-electron chi connectivity index (χ0n) is 12.9. The first-order valence-electron chi connectivity index (χ1n) is 7.55. The molecule has 2 heterocycles. The van der Waals surface area contributed by atoms with Crippen molar-refractivity contribution in [2.24, 2.45) is 20.0 Å². The van der Waals surface area contributed by atoms with Crippen LogP contribution in [0, 0.1) is 5.92 Å². The van der Waals surface area contributed by atoms with Crippen molar-refractivity contribution < 1.29 is 9.13 Å². The average molecular weight is 270 g/mol. The second kappa shape index (κ2) is 7.18. The van der Waals surface area contributed by atoms with Gasteiger partial charge in [0.2, 0.25) is 0 Å². The van der Waals surface area contributed by atoms with Gasteiger partial charge in [-0.3, -0.25) is 0 Å². The number of nitrogens with zero attached hydrogens (tertiary/aromatic N) is 2. The lowest BCUT2D eigenvalue weighted by Crippen LogP contribution is -2.26. The van der Waals surface area contributed by atoms with Gasteiger partial charge >= 0.3 is 0 Å². The summed E-state index contributed by atoms with van der Waals surface area (Å²) >= 11 is 0. The Morgan fingerprint density at radius 3 is 1.85 bits per heavy atom. The Kier molecular flexibility index (Phi) is 5.28. The van der Waals surface area contributed by atoms with E-state index in [4.69, 9.17) is 0 Å². The molecule has 1 atom stereocenters. The Hall–Kier alpha value is -1.70. The maximum Gasteiger partial charge on any atom is 0.168 e. The first-order chi connectivity index (χ1) is 9.67. The molecule has 0 bridgehead atoms. The van der Waals surface area contributed by atoms with Gasteiger partial charge in [-0.1, -0.05) is 13.3 Å². The molecule has 2 aromatic rings. The lowest BCUT2D eigenvalue weighted by molar-refractivity contribution is -0.671. The van der Waals surface area contributed by atoms with Gasteiger partial charge in [0.1, 0.15) is 14.1 Å². The summed E-state index contributed by atoms with van der Waals surface area (Å²) in [6, 6.07) is 8.95. The maximum atomic E-state index is 2.30. The molecule has 0 aliphatic rings. The molecule has 1 unspecified atom stereocenters. The van der Waals surface area contributed by atoms with Crippen LogP contribution in [0.4, 0.5) is 0 Å². The first kappa shape index (κ1) is 14.7. The van der Waals surface area contributed by atoms with E-state index in [1.54, 1.807) is 0 Å². The molecule has 106 valence electrons. The summed E-state index contributed by atoms with van der Waals surface area (Å²) in [5.74, 6) is 0.775. The largest absolute Gasteiger partial charge is 0.208 e. The van der Waals surface area contributed by atoms with E-state index in [1.165, 1.54) is 36.8 Å². The normalized spacial score (nSPS) is 12.3. The van der Waals surface area contributed by atoms with Crippen LogP contribution in [0.3, 0.4) is 0 Å². The lowest BCUT2D eigenvalue weighted by atomic mass is 9.91. The Morgan fingerprint density at radius 2 is 1.35 bits per heavy atom. The van der Waals surface area contributed by atoms with Crippen LogP contribution < -0.4 is 9.13 Å². The van der Waals surface area contributed by atoms with Crippen molar-refractivity contribution in [1.82, 2.24) is 0 Å². The van der Waals surface area contributed by atoms with E-state index in [0.717, 1.165) is 5.92 Å². The minimum absolute atomic E-state index is 0.775. The molecule has 2 heteroatoms. The van der Waals surface area contributed by atoms with Gasteiger partial charge in [0.05, 0.1) is 0 Å². The van der Waals surface area contributed by atoms with Crippen molar-refractivity contribution in [2.75, 3.05) is 0 Å². The highest BCUT2D eigenvalue weighted by Crippen LogP contribution is 2.17. The van der Waals surface area contributed by atoms with Crippen LogP contribution in [-0.2, 0) is 26.9 Å². The van der Waals surface area contributed by atoms with Gasteiger partial charge in [-0.15, -0.1) is 0 Å². The predicted octanol–water partition coefficient (Wildman–Crippen LogP) is 2.54. The molecule has 0 aliphatic carbocycles. The third kappa shape index (κ3) is 4.44. The van der Waals surface area contributed by atoms with Crippen LogP contribution in [0.15, 0.2) is 49.1 Å². The first-order valence-corrected chi connectivity index (χ1v) is 7.55. The van der Waals surface area contributed by atoms with E-state index in [2.05, 4.69) is 79.2 Å². The summed E-state index contributed by atoms with van der Waals surface area (Å²) in [5.41, 5.74) is 2.90. The van der Waals surface area contributed by atoms with Crippen LogP contribution >= 0.6 is 0 Å². The van der Waals surface area contributed by atoms with Gasteiger partial charge in [-0.05, 0) is 36.3 Å². The SMILES string of the molecule is CCC(CCc1cc[n+](C)cc1)Cc1cc[n+](C)cc1. The fourth-order valence-electron chi connectivity index (χ4n) is 2.52. The Bertz CT molecular complexity index is 514.